The Morgan fingerprint density at radius 3 is 2.74 bits per heavy atom. The molecule has 0 fully saturated rings. The van der Waals surface area contributed by atoms with Gasteiger partial charge in [-0.1, -0.05) is 42.5 Å². The Hall–Kier alpha value is -4.85. The highest BCUT2D eigenvalue weighted by atomic mass is 16.6. The molecule has 2 aromatic heterocycles. The van der Waals surface area contributed by atoms with Crippen LogP contribution in [0.1, 0.15) is 29.2 Å². The number of methoxy groups -OCH3 is 1. The Morgan fingerprint density at radius 1 is 1.13 bits per heavy atom. The first kappa shape index (κ1) is 24.5. The monoisotopic (exact) mass is 521 g/mol. The third-order valence-corrected chi connectivity index (χ3v) is 7.31. The molecule has 1 amide bonds. The number of aromatic nitrogens is 2. The van der Waals surface area contributed by atoms with Crippen LogP contribution >= 0.6 is 0 Å². The van der Waals surface area contributed by atoms with Crippen molar-refractivity contribution in [3.05, 3.63) is 106 Å². The summed E-state index contributed by atoms with van der Waals surface area (Å²) in [5.74, 6) is 1.09. The second-order valence-corrected chi connectivity index (χ2v) is 9.63. The van der Waals surface area contributed by atoms with E-state index in [1.807, 2.05) is 36.4 Å². The third-order valence-electron chi connectivity index (χ3n) is 7.31. The second-order valence-electron chi connectivity index (χ2n) is 9.63. The van der Waals surface area contributed by atoms with Crippen molar-refractivity contribution in [2.45, 2.75) is 25.5 Å². The van der Waals surface area contributed by atoms with E-state index in [1.54, 1.807) is 43.5 Å². The minimum absolute atomic E-state index is 0.111. The quantitative estimate of drug-likeness (QED) is 0.289. The molecule has 1 atom stereocenters. The number of aromatic amines is 1. The maximum atomic E-state index is 13.2. The summed E-state index contributed by atoms with van der Waals surface area (Å²) in [5, 5.41) is 0.519. The molecule has 2 heterocycles. The van der Waals surface area contributed by atoms with Gasteiger partial charge in [0.15, 0.2) is 17.6 Å². The third kappa shape index (κ3) is 4.65. The van der Waals surface area contributed by atoms with E-state index in [4.69, 9.17) is 13.9 Å². The number of amides is 1. The van der Waals surface area contributed by atoms with E-state index in [9.17, 15) is 9.59 Å². The van der Waals surface area contributed by atoms with Crippen molar-refractivity contribution in [2.24, 2.45) is 0 Å². The Kier molecular flexibility index (Phi) is 6.36. The normalized spacial score (nSPS) is 14.3. The number of H-pyrrole nitrogens is 1. The molecule has 39 heavy (non-hydrogen) atoms. The number of hydrogen-bond donors (Lipinski definition) is 1. The highest BCUT2D eigenvalue weighted by Crippen LogP contribution is 2.38. The van der Waals surface area contributed by atoms with Gasteiger partial charge < -0.3 is 23.8 Å². The molecule has 6 rings (SSSR count). The number of oxazole rings is 1. The first-order valence-electron chi connectivity index (χ1n) is 12.7. The van der Waals surface area contributed by atoms with Gasteiger partial charge in [0.1, 0.15) is 12.4 Å². The maximum absolute atomic E-state index is 13.2. The van der Waals surface area contributed by atoms with Gasteiger partial charge in [0, 0.05) is 30.3 Å². The summed E-state index contributed by atoms with van der Waals surface area (Å²) in [6, 6.07) is 20.8. The van der Waals surface area contributed by atoms with E-state index in [0.717, 1.165) is 29.5 Å². The Morgan fingerprint density at radius 2 is 1.97 bits per heavy atom. The number of carbonyl (C=O) groups is 1. The molecular weight excluding hydrogens is 494 g/mol. The fourth-order valence-electron chi connectivity index (χ4n) is 5.24. The average Bonchev–Trinajstić information content (AvgIpc) is 3.65. The van der Waals surface area contributed by atoms with Crippen molar-refractivity contribution in [1.29, 1.82) is 0 Å². The van der Waals surface area contributed by atoms with Crippen LogP contribution in [0.15, 0.2) is 88.5 Å². The van der Waals surface area contributed by atoms with Crippen molar-refractivity contribution >= 4 is 17.0 Å². The molecule has 0 saturated carbocycles. The number of carbonyl (C=O) groups excluding carboxylic acids is 1. The van der Waals surface area contributed by atoms with Crippen molar-refractivity contribution in [3.8, 4) is 28.3 Å². The van der Waals surface area contributed by atoms with Gasteiger partial charge in [0.25, 0.3) is 0 Å². The molecule has 3 aromatic carbocycles. The van der Waals surface area contributed by atoms with E-state index >= 15 is 0 Å². The maximum Gasteiger partial charge on any atom is 0.410 e. The lowest BCUT2D eigenvalue weighted by Gasteiger charge is -2.25. The van der Waals surface area contributed by atoms with Crippen molar-refractivity contribution in [2.75, 3.05) is 14.2 Å². The van der Waals surface area contributed by atoms with Crippen LogP contribution in [0.3, 0.4) is 0 Å². The van der Waals surface area contributed by atoms with E-state index in [0.29, 0.717) is 33.7 Å². The number of rotatable bonds is 6. The fourth-order valence-corrected chi connectivity index (χ4v) is 5.24. The summed E-state index contributed by atoms with van der Waals surface area (Å²) in [7, 11) is 3.35. The Balaban J connectivity index is 1.30. The number of benzene rings is 3. The predicted octanol–water partition coefficient (Wildman–Crippen LogP) is 6.11. The minimum atomic E-state index is -0.365. The van der Waals surface area contributed by atoms with Crippen molar-refractivity contribution in [1.82, 2.24) is 14.9 Å². The highest BCUT2D eigenvalue weighted by molar-refractivity contribution is 5.88. The number of hydrogen-bond acceptors (Lipinski definition) is 6. The predicted molar refractivity (Wildman–Crippen MR) is 148 cm³/mol. The van der Waals surface area contributed by atoms with Gasteiger partial charge in [-0.3, -0.25) is 4.79 Å². The Bertz CT molecular complexity index is 1710. The van der Waals surface area contributed by atoms with Crippen LogP contribution in [-0.4, -0.2) is 35.1 Å². The van der Waals surface area contributed by atoms with E-state index in [1.165, 1.54) is 12.0 Å². The second kappa shape index (κ2) is 10.1. The SMILES string of the molecule is COc1cc2[nH]c(-c3ccc4c(c3)C(N(C)C(=O)OCc3ccccc3)CC4)cc(=O)c2cc1-c1cnco1. The van der Waals surface area contributed by atoms with E-state index in [-0.39, 0.29) is 24.2 Å². The number of nitrogens with one attached hydrogen (secondary N) is 1. The molecular formula is C31H27N3O5. The molecule has 8 nitrogen and oxygen atoms in total. The first-order valence-corrected chi connectivity index (χ1v) is 12.7. The minimum Gasteiger partial charge on any atom is -0.496 e. The number of pyridine rings is 1. The molecule has 1 aliphatic rings. The van der Waals surface area contributed by atoms with Gasteiger partial charge in [0.2, 0.25) is 0 Å². The molecule has 0 aliphatic heterocycles. The number of aryl methyl sites for hydroxylation is 1. The van der Waals surface area contributed by atoms with Crippen LogP contribution in [0.4, 0.5) is 4.79 Å². The van der Waals surface area contributed by atoms with Gasteiger partial charge >= 0.3 is 6.09 Å². The van der Waals surface area contributed by atoms with Crippen LogP contribution in [0.25, 0.3) is 33.5 Å². The standard InChI is InChI=1S/C31H27N3O5/c1-34(31(36)38-17-19-6-4-3-5-7-19)27-11-10-20-8-9-21(12-22(20)27)25-14-28(35)23-13-24(30-16-32-18-39-30)29(37-2)15-26(23)33-25/h3-9,12-16,18,27H,10-11,17H2,1-2H3,(H,33,35). The van der Waals surface area contributed by atoms with E-state index < -0.39 is 0 Å². The van der Waals surface area contributed by atoms with Gasteiger partial charge in [-0.05, 0) is 47.2 Å². The molecule has 1 unspecified atom stereocenters. The van der Waals surface area contributed by atoms with Gasteiger partial charge in [-0.25, -0.2) is 9.78 Å². The zero-order valence-corrected chi connectivity index (χ0v) is 21.6. The smallest absolute Gasteiger partial charge is 0.410 e. The summed E-state index contributed by atoms with van der Waals surface area (Å²) in [5.41, 5.74) is 5.92. The molecule has 1 aliphatic carbocycles. The van der Waals surface area contributed by atoms with Crippen LogP contribution in [0.2, 0.25) is 0 Å². The van der Waals surface area contributed by atoms with Gasteiger partial charge in [-0.2, -0.15) is 0 Å². The van der Waals surface area contributed by atoms with Crippen LogP contribution in [0.5, 0.6) is 5.75 Å². The zero-order valence-electron chi connectivity index (χ0n) is 21.6. The number of ether oxygens (including phenoxy) is 2. The molecule has 1 N–H and O–H groups in total. The summed E-state index contributed by atoms with van der Waals surface area (Å²) in [4.78, 5) is 35.1. The van der Waals surface area contributed by atoms with Crippen LogP contribution in [-0.2, 0) is 17.8 Å². The lowest BCUT2D eigenvalue weighted by molar-refractivity contribution is 0.0909. The van der Waals surface area contributed by atoms with Crippen LogP contribution in [0, 0.1) is 0 Å². The summed E-state index contributed by atoms with van der Waals surface area (Å²) in [6.45, 7) is 0.226. The van der Waals surface area contributed by atoms with Gasteiger partial charge in [-0.15, -0.1) is 0 Å². The largest absolute Gasteiger partial charge is 0.496 e. The van der Waals surface area contributed by atoms with Crippen LogP contribution < -0.4 is 10.2 Å². The molecule has 5 aromatic rings. The molecule has 8 heteroatoms. The lowest BCUT2D eigenvalue weighted by atomic mass is 10.0. The summed E-state index contributed by atoms with van der Waals surface area (Å²) in [6.07, 6.45) is 4.24. The molecule has 0 radical (unpaired) electrons. The van der Waals surface area contributed by atoms with Gasteiger partial charge in [0.05, 0.1) is 30.4 Å². The van der Waals surface area contributed by atoms with Crippen molar-refractivity contribution in [3.63, 3.8) is 0 Å². The molecule has 0 bridgehead atoms. The Labute approximate surface area is 224 Å². The average molecular weight is 522 g/mol. The van der Waals surface area contributed by atoms with E-state index in [2.05, 4.69) is 22.1 Å². The zero-order chi connectivity index (χ0) is 26.9. The molecule has 0 spiro atoms. The lowest BCUT2D eigenvalue weighted by Crippen LogP contribution is -2.30. The number of fused-ring (bicyclic) bond motifs is 2. The number of nitrogens with zero attached hydrogens (tertiary/aromatic N) is 2. The summed E-state index contributed by atoms with van der Waals surface area (Å²) < 4.78 is 16.6. The topological polar surface area (TPSA) is 97.7 Å². The summed E-state index contributed by atoms with van der Waals surface area (Å²) >= 11 is 0. The highest BCUT2D eigenvalue weighted by Gasteiger charge is 2.30. The first-order chi connectivity index (χ1) is 19.0. The molecule has 196 valence electrons. The molecule has 0 saturated heterocycles. The van der Waals surface area contributed by atoms with Crippen molar-refractivity contribution < 1.29 is 18.7 Å². The fraction of sp³-hybridized carbons (Fsp3) is 0.194.